The number of nitriles is 1. The average molecular weight is 326 g/mol. The molecule has 0 aliphatic rings. The third-order valence-electron chi connectivity index (χ3n) is 2.35. The van der Waals surface area contributed by atoms with Crippen LogP contribution in [0.25, 0.3) is 0 Å². The van der Waals surface area contributed by atoms with Crippen LogP contribution in [-0.2, 0) is 13.7 Å². The van der Waals surface area contributed by atoms with Crippen LogP contribution in [-0.4, -0.2) is 23.8 Å². The monoisotopic (exact) mass is 326 g/mol. The highest BCUT2D eigenvalue weighted by molar-refractivity contribution is 7.51. The van der Waals surface area contributed by atoms with E-state index in [-0.39, 0.29) is 18.0 Å². The van der Waals surface area contributed by atoms with E-state index in [2.05, 4.69) is 10.2 Å². The van der Waals surface area contributed by atoms with Crippen molar-refractivity contribution >= 4 is 19.1 Å². The molecule has 22 heavy (non-hydrogen) atoms. The van der Waals surface area contributed by atoms with E-state index in [0.29, 0.717) is 12.1 Å². The summed E-state index contributed by atoms with van der Waals surface area (Å²) in [6, 6.07) is 6.94. The van der Waals surface area contributed by atoms with Gasteiger partial charge in [-0.05, 0) is 19.1 Å². The van der Waals surface area contributed by atoms with Gasteiger partial charge in [0, 0.05) is 24.2 Å². The van der Waals surface area contributed by atoms with Gasteiger partial charge >= 0.3 is 7.75 Å². The zero-order valence-corrected chi connectivity index (χ0v) is 12.9. The average Bonchev–Trinajstić information content (AvgIpc) is 2.49. The summed E-state index contributed by atoms with van der Waals surface area (Å²) in [4.78, 5) is 10.0. The van der Waals surface area contributed by atoms with Crippen LogP contribution < -0.4 is 5.09 Å². The summed E-state index contributed by atoms with van der Waals surface area (Å²) in [7, 11) is -3.63. The van der Waals surface area contributed by atoms with Gasteiger partial charge in [0.1, 0.15) is 6.07 Å². The van der Waals surface area contributed by atoms with E-state index in [9.17, 15) is 14.7 Å². The lowest BCUT2D eigenvalue weighted by Crippen LogP contribution is -2.13. The lowest BCUT2D eigenvalue weighted by molar-refractivity contribution is -0.384. The van der Waals surface area contributed by atoms with Crippen molar-refractivity contribution in [1.29, 1.82) is 5.26 Å². The van der Waals surface area contributed by atoms with Crippen LogP contribution in [0.4, 0.5) is 5.69 Å². The Hall–Kier alpha value is -2.27. The molecule has 9 nitrogen and oxygen atoms in total. The molecule has 1 rings (SSSR count). The van der Waals surface area contributed by atoms with Gasteiger partial charge in [0.25, 0.3) is 5.69 Å². The van der Waals surface area contributed by atoms with Crippen molar-refractivity contribution in [2.24, 2.45) is 5.16 Å². The molecule has 0 radical (unpaired) electrons. The van der Waals surface area contributed by atoms with E-state index in [1.54, 1.807) is 19.9 Å². The number of oxime groups is 1. The molecule has 118 valence electrons. The van der Waals surface area contributed by atoms with Gasteiger partial charge in [-0.25, -0.2) is 9.65 Å². The summed E-state index contributed by atoms with van der Waals surface area (Å²) in [5.41, 5.74) is 0.00923. The minimum atomic E-state index is -3.63. The van der Waals surface area contributed by atoms with Crippen LogP contribution in [0.3, 0.4) is 0 Å². The van der Waals surface area contributed by atoms with Crippen LogP contribution in [0.2, 0.25) is 0 Å². The Morgan fingerprint density at radius 3 is 2.55 bits per heavy atom. The Bertz CT molecular complexity index is 628. The number of nitro benzene ring substituents is 1. The van der Waals surface area contributed by atoms with E-state index in [0.717, 1.165) is 0 Å². The van der Waals surface area contributed by atoms with E-state index >= 15 is 0 Å². The van der Waals surface area contributed by atoms with E-state index < -0.39 is 12.7 Å². The van der Waals surface area contributed by atoms with E-state index in [4.69, 9.17) is 14.4 Å². The maximum absolute atomic E-state index is 12.1. The highest BCUT2D eigenvalue weighted by atomic mass is 31.2. The maximum Gasteiger partial charge on any atom is 0.478 e. The summed E-state index contributed by atoms with van der Waals surface area (Å²) in [5, 5.41) is 25.7. The van der Waals surface area contributed by atoms with Gasteiger partial charge in [0.05, 0.1) is 11.5 Å². The number of rotatable bonds is 8. The van der Waals surface area contributed by atoms with Crippen molar-refractivity contribution < 1.29 is 18.6 Å². The number of non-ortho nitro benzene ring substituents is 1. The fourth-order valence-electron chi connectivity index (χ4n) is 1.43. The molecule has 0 aliphatic carbocycles. The molecule has 1 atom stereocenters. The summed E-state index contributed by atoms with van der Waals surface area (Å²) >= 11 is 0. The number of benzene rings is 1. The fourth-order valence-corrected chi connectivity index (χ4v) is 2.55. The molecule has 0 aromatic heterocycles. The Labute approximate surface area is 127 Å². The second kappa shape index (κ2) is 8.24. The van der Waals surface area contributed by atoms with Gasteiger partial charge in [-0.3, -0.25) is 14.6 Å². The summed E-state index contributed by atoms with van der Waals surface area (Å²) in [6.07, 6.45) is 0. The lowest BCUT2D eigenvalue weighted by Gasteiger charge is -2.14. The second-order valence-corrected chi connectivity index (χ2v) is 5.60. The van der Waals surface area contributed by atoms with Gasteiger partial charge in [-0.2, -0.15) is 5.26 Å². The maximum atomic E-state index is 12.1. The Morgan fingerprint density at radius 1 is 1.45 bits per heavy atom. The Balaban J connectivity index is 2.97. The van der Waals surface area contributed by atoms with Crippen molar-refractivity contribution in [3.8, 4) is 6.07 Å². The molecule has 0 fully saturated rings. The normalized spacial score (nSPS) is 14.0. The first-order valence-electron chi connectivity index (χ1n) is 6.37. The smallest absolute Gasteiger partial charge is 0.300 e. The first-order valence-corrected chi connectivity index (χ1v) is 7.91. The van der Waals surface area contributed by atoms with Crippen molar-refractivity contribution in [3.05, 3.63) is 39.9 Å². The molecule has 10 heteroatoms. The molecule has 1 unspecified atom stereocenters. The molecular formula is C12H15N4O5P. The second-order valence-electron chi connectivity index (χ2n) is 3.86. The molecule has 0 spiro atoms. The molecule has 0 saturated heterocycles. The number of nitrogens with one attached hydrogen (secondary N) is 1. The topological polar surface area (TPSA) is 127 Å². The van der Waals surface area contributed by atoms with Gasteiger partial charge in [0.15, 0.2) is 5.71 Å². The summed E-state index contributed by atoms with van der Waals surface area (Å²) in [5.74, 6) is 0. The summed E-state index contributed by atoms with van der Waals surface area (Å²) in [6.45, 7) is 3.81. The minimum Gasteiger partial charge on any atom is -0.300 e. The highest BCUT2D eigenvalue weighted by Crippen LogP contribution is 2.43. The zero-order valence-electron chi connectivity index (χ0n) is 12.1. The Morgan fingerprint density at radius 2 is 2.09 bits per heavy atom. The van der Waals surface area contributed by atoms with Gasteiger partial charge in [-0.1, -0.05) is 12.1 Å². The molecule has 0 aliphatic heterocycles. The van der Waals surface area contributed by atoms with E-state index in [1.165, 1.54) is 24.3 Å². The summed E-state index contributed by atoms with van der Waals surface area (Å²) < 4.78 is 22.0. The first-order chi connectivity index (χ1) is 10.5. The van der Waals surface area contributed by atoms with Crippen LogP contribution in [0.1, 0.15) is 19.4 Å². The molecule has 0 amide bonds. The standard InChI is InChI=1S/C12H15N4O5P/c1-3-14-22(19,20-4-2)21-15-12(9-13)10-5-7-11(8-6-10)16(17)18/h5-8H,3-4H2,1-2H3,(H,14,19)/b15-12+. The molecule has 1 aromatic carbocycles. The quantitative estimate of drug-likeness (QED) is 0.336. The van der Waals surface area contributed by atoms with Crippen molar-refractivity contribution in [2.75, 3.05) is 13.2 Å². The first kappa shape index (κ1) is 17.8. The molecule has 0 saturated carbocycles. The van der Waals surface area contributed by atoms with Crippen LogP contribution in [0.5, 0.6) is 0 Å². The van der Waals surface area contributed by atoms with Crippen molar-refractivity contribution in [2.45, 2.75) is 13.8 Å². The predicted octanol–water partition coefficient (Wildman–Crippen LogP) is 2.59. The zero-order chi connectivity index (χ0) is 16.6. The lowest BCUT2D eigenvalue weighted by atomic mass is 10.1. The number of hydrogen-bond acceptors (Lipinski definition) is 7. The van der Waals surface area contributed by atoms with Crippen LogP contribution in [0.15, 0.2) is 29.4 Å². The molecule has 1 aromatic rings. The minimum absolute atomic E-state index is 0.116. The fraction of sp³-hybridized carbons (Fsp3) is 0.333. The largest absolute Gasteiger partial charge is 0.478 e. The third-order valence-corrected chi connectivity index (χ3v) is 3.95. The molecule has 0 heterocycles. The van der Waals surface area contributed by atoms with Crippen LogP contribution >= 0.6 is 7.75 Å². The highest BCUT2D eigenvalue weighted by Gasteiger charge is 2.24. The number of hydrogen-bond donors (Lipinski definition) is 1. The Kier molecular flexibility index (Phi) is 6.66. The van der Waals surface area contributed by atoms with Gasteiger partial charge in [0.2, 0.25) is 0 Å². The molecule has 1 N–H and O–H groups in total. The van der Waals surface area contributed by atoms with Gasteiger partial charge < -0.3 is 4.62 Å². The molecular weight excluding hydrogens is 311 g/mol. The van der Waals surface area contributed by atoms with Gasteiger partial charge in [-0.15, -0.1) is 0 Å². The number of nitrogens with zero attached hydrogens (tertiary/aromatic N) is 3. The van der Waals surface area contributed by atoms with E-state index in [1.807, 2.05) is 0 Å². The van der Waals surface area contributed by atoms with Crippen molar-refractivity contribution in [1.82, 2.24) is 5.09 Å². The number of nitro groups is 1. The van der Waals surface area contributed by atoms with Crippen LogP contribution in [0, 0.1) is 21.4 Å². The predicted molar refractivity (Wildman–Crippen MR) is 79.2 cm³/mol. The van der Waals surface area contributed by atoms with Crippen molar-refractivity contribution in [3.63, 3.8) is 0 Å². The SMILES string of the molecule is CCNP(=O)(OCC)O/N=C(\C#N)c1ccc([N+](=O)[O-])cc1. The third kappa shape index (κ3) is 4.93. The molecule has 0 bridgehead atoms.